The van der Waals surface area contributed by atoms with Crippen LogP contribution in [0, 0.1) is 0 Å². The summed E-state index contributed by atoms with van der Waals surface area (Å²) >= 11 is 7.51. The maximum absolute atomic E-state index is 12.1. The van der Waals surface area contributed by atoms with E-state index < -0.39 is 0 Å². The number of carbonyl (C=O) groups excluding carboxylic acids is 1. The standard InChI is InChI=1S/C18H15ClN2OS/c19-15-8-4-7-14(10-15)18(22)21-12-17-20-11-16(23-17)9-13-5-2-1-3-6-13/h1-8,10-11H,9,12H2,(H,21,22). The van der Waals surface area contributed by atoms with Gasteiger partial charge in [0.1, 0.15) is 5.01 Å². The SMILES string of the molecule is O=C(NCc1ncc(Cc2ccccc2)s1)c1cccc(Cl)c1. The van der Waals surface area contributed by atoms with E-state index in [1.54, 1.807) is 35.6 Å². The van der Waals surface area contributed by atoms with Crippen molar-refractivity contribution < 1.29 is 4.79 Å². The van der Waals surface area contributed by atoms with Crippen LogP contribution in [0.25, 0.3) is 0 Å². The molecule has 1 amide bonds. The molecule has 0 radical (unpaired) electrons. The maximum Gasteiger partial charge on any atom is 0.251 e. The zero-order valence-corrected chi connectivity index (χ0v) is 13.9. The normalized spacial score (nSPS) is 10.5. The number of benzene rings is 2. The molecule has 0 fully saturated rings. The molecule has 3 nitrogen and oxygen atoms in total. The Balaban J connectivity index is 1.58. The highest BCUT2D eigenvalue weighted by Crippen LogP contribution is 2.17. The highest BCUT2D eigenvalue weighted by Gasteiger charge is 2.08. The first-order valence-electron chi connectivity index (χ1n) is 7.22. The van der Waals surface area contributed by atoms with Gasteiger partial charge in [-0.15, -0.1) is 11.3 Å². The molecule has 1 heterocycles. The number of aromatic nitrogens is 1. The number of hydrogen-bond acceptors (Lipinski definition) is 3. The van der Waals surface area contributed by atoms with Gasteiger partial charge in [-0.05, 0) is 23.8 Å². The lowest BCUT2D eigenvalue weighted by Gasteiger charge is -2.03. The fourth-order valence-electron chi connectivity index (χ4n) is 2.20. The molecule has 0 saturated heterocycles. The Labute approximate surface area is 144 Å². The van der Waals surface area contributed by atoms with Gasteiger partial charge in [0.15, 0.2) is 0 Å². The van der Waals surface area contributed by atoms with Crippen LogP contribution < -0.4 is 5.32 Å². The Bertz CT molecular complexity index is 802. The molecule has 0 saturated carbocycles. The minimum absolute atomic E-state index is 0.146. The minimum atomic E-state index is -0.146. The summed E-state index contributed by atoms with van der Waals surface area (Å²) in [5, 5.41) is 4.32. The van der Waals surface area contributed by atoms with Crippen molar-refractivity contribution in [2.24, 2.45) is 0 Å². The highest BCUT2D eigenvalue weighted by molar-refractivity contribution is 7.11. The first-order valence-corrected chi connectivity index (χ1v) is 8.41. The zero-order chi connectivity index (χ0) is 16.1. The maximum atomic E-state index is 12.1. The molecule has 1 aromatic heterocycles. The molecular weight excluding hydrogens is 328 g/mol. The van der Waals surface area contributed by atoms with Crippen LogP contribution >= 0.6 is 22.9 Å². The lowest BCUT2D eigenvalue weighted by molar-refractivity contribution is 0.0951. The van der Waals surface area contributed by atoms with E-state index in [9.17, 15) is 4.79 Å². The van der Waals surface area contributed by atoms with E-state index in [2.05, 4.69) is 22.4 Å². The van der Waals surface area contributed by atoms with Gasteiger partial charge in [-0.1, -0.05) is 48.0 Å². The van der Waals surface area contributed by atoms with Gasteiger partial charge in [-0.3, -0.25) is 4.79 Å². The molecule has 0 atom stereocenters. The van der Waals surface area contributed by atoms with Crippen LogP contribution in [0.3, 0.4) is 0 Å². The Morgan fingerprint density at radius 2 is 1.96 bits per heavy atom. The second-order valence-corrected chi connectivity index (χ2v) is 6.71. The van der Waals surface area contributed by atoms with Gasteiger partial charge < -0.3 is 5.32 Å². The topological polar surface area (TPSA) is 42.0 Å². The average molecular weight is 343 g/mol. The molecule has 0 aliphatic carbocycles. The monoisotopic (exact) mass is 342 g/mol. The predicted octanol–water partition coefficient (Wildman–Crippen LogP) is 4.32. The van der Waals surface area contributed by atoms with Crippen molar-refractivity contribution in [3.8, 4) is 0 Å². The van der Waals surface area contributed by atoms with Crippen molar-refractivity contribution in [1.29, 1.82) is 0 Å². The smallest absolute Gasteiger partial charge is 0.251 e. The summed E-state index contributed by atoms with van der Waals surface area (Å²) in [5.74, 6) is -0.146. The quantitative estimate of drug-likeness (QED) is 0.750. The van der Waals surface area contributed by atoms with Crippen molar-refractivity contribution in [2.75, 3.05) is 0 Å². The summed E-state index contributed by atoms with van der Waals surface area (Å²) in [7, 11) is 0. The van der Waals surface area contributed by atoms with E-state index in [-0.39, 0.29) is 5.91 Å². The highest BCUT2D eigenvalue weighted by atomic mass is 35.5. The zero-order valence-electron chi connectivity index (χ0n) is 12.3. The van der Waals surface area contributed by atoms with Gasteiger partial charge in [0.2, 0.25) is 0 Å². The summed E-state index contributed by atoms with van der Waals surface area (Å²) in [6.45, 7) is 0.421. The number of hydrogen-bond donors (Lipinski definition) is 1. The molecule has 1 N–H and O–H groups in total. The number of thiazole rings is 1. The number of nitrogens with zero attached hydrogens (tertiary/aromatic N) is 1. The third kappa shape index (κ3) is 4.41. The van der Waals surface area contributed by atoms with Crippen LogP contribution in [0.5, 0.6) is 0 Å². The first-order chi connectivity index (χ1) is 11.2. The third-order valence-corrected chi connectivity index (χ3v) is 4.54. The minimum Gasteiger partial charge on any atom is -0.346 e. The van der Waals surface area contributed by atoms with Gasteiger partial charge in [0, 0.05) is 28.1 Å². The number of amides is 1. The lowest BCUT2D eigenvalue weighted by Crippen LogP contribution is -2.22. The molecule has 3 rings (SSSR count). The van der Waals surface area contributed by atoms with E-state index in [0.29, 0.717) is 17.1 Å². The number of carbonyl (C=O) groups is 1. The van der Waals surface area contributed by atoms with Gasteiger partial charge in [-0.2, -0.15) is 0 Å². The fourth-order valence-corrected chi connectivity index (χ4v) is 3.28. The number of rotatable bonds is 5. The molecule has 2 aromatic carbocycles. The van der Waals surface area contributed by atoms with Gasteiger partial charge in [0.25, 0.3) is 5.91 Å². The fraction of sp³-hybridized carbons (Fsp3) is 0.111. The van der Waals surface area contributed by atoms with Crippen molar-refractivity contribution in [1.82, 2.24) is 10.3 Å². The Hall–Kier alpha value is -2.17. The van der Waals surface area contributed by atoms with Crippen molar-refractivity contribution >= 4 is 28.8 Å². The van der Waals surface area contributed by atoms with Crippen molar-refractivity contribution in [2.45, 2.75) is 13.0 Å². The summed E-state index contributed by atoms with van der Waals surface area (Å²) < 4.78 is 0. The third-order valence-electron chi connectivity index (χ3n) is 3.31. The second-order valence-electron chi connectivity index (χ2n) is 5.08. The predicted molar refractivity (Wildman–Crippen MR) is 94.0 cm³/mol. The molecular formula is C18H15ClN2OS. The van der Waals surface area contributed by atoms with E-state index in [1.165, 1.54) is 10.4 Å². The van der Waals surface area contributed by atoms with Crippen LogP contribution in [0.1, 0.15) is 25.8 Å². The van der Waals surface area contributed by atoms with Crippen LogP contribution in [0.2, 0.25) is 5.02 Å². The van der Waals surface area contributed by atoms with Crippen molar-refractivity contribution in [3.63, 3.8) is 0 Å². The molecule has 5 heteroatoms. The summed E-state index contributed by atoms with van der Waals surface area (Å²) in [5.41, 5.74) is 1.81. The molecule has 23 heavy (non-hydrogen) atoms. The van der Waals surface area contributed by atoms with E-state index in [4.69, 9.17) is 11.6 Å². The van der Waals surface area contributed by atoms with Crippen LogP contribution in [0.4, 0.5) is 0 Å². The molecule has 3 aromatic rings. The molecule has 0 aliphatic heterocycles. The van der Waals surface area contributed by atoms with E-state index in [0.717, 1.165) is 11.4 Å². The van der Waals surface area contributed by atoms with Crippen LogP contribution in [-0.2, 0) is 13.0 Å². The van der Waals surface area contributed by atoms with E-state index in [1.807, 2.05) is 24.4 Å². The van der Waals surface area contributed by atoms with Gasteiger partial charge in [-0.25, -0.2) is 4.98 Å². The summed E-state index contributed by atoms with van der Waals surface area (Å²) in [6, 6.07) is 17.2. The van der Waals surface area contributed by atoms with Gasteiger partial charge >= 0.3 is 0 Å². The number of nitrogens with one attached hydrogen (secondary N) is 1. The molecule has 0 spiro atoms. The summed E-state index contributed by atoms with van der Waals surface area (Å²) in [6.07, 6.45) is 2.74. The molecule has 116 valence electrons. The Morgan fingerprint density at radius 3 is 2.74 bits per heavy atom. The average Bonchev–Trinajstić information content (AvgIpc) is 3.01. The lowest BCUT2D eigenvalue weighted by atomic mass is 10.1. The van der Waals surface area contributed by atoms with Gasteiger partial charge in [0.05, 0.1) is 6.54 Å². The van der Waals surface area contributed by atoms with Crippen LogP contribution in [0.15, 0.2) is 60.8 Å². The number of halogens is 1. The largest absolute Gasteiger partial charge is 0.346 e. The summed E-state index contributed by atoms with van der Waals surface area (Å²) in [4.78, 5) is 17.6. The Kier molecular flexibility index (Phi) is 5.05. The molecule has 0 bridgehead atoms. The molecule has 0 unspecified atom stereocenters. The first kappa shape index (κ1) is 15.7. The van der Waals surface area contributed by atoms with Crippen molar-refractivity contribution in [3.05, 3.63) is 86.8 Å². The van der Waals surface area contributed by atoms with Crippen LogP contribution in [-0.4, -0.2) is 10.9 Å². The Morgan fingerprint density at radius 1 is 1.13 bits per heavy atom. The van der Waals surface area contributed by atoms with E-state index >= 15 is 0 Å². The second kappa shape index (κ2) is 7.40. The molecule has 0 aliphatic rings.